The lowest BCUT2D eigenvalue weighted by Gasteiger charge is -2.23. The standard InChI is InChI=1S/C17H10ClF6N3O/c1-27-8-10(17(22,23)24)3-5-14(27)11(7-25)15(28)26-13-6-9(16(19,20)21)2-4-12(13)18/h2-6,8H,1H3,(H,26,28)/b14-11+. The number of hydrogen-bond acceptors (Lipinski definition) is 3. The van der Waals surface area contributed by atoms with Crippen molar-refractivity contribution in [3.63, 3.8) is 0 Å². The topological polar surface area (TPSA) is 56.1 Å². The Balaban J connectivity index is 2.36. The fraction of sp³-hybridized carbons (Fsp3) is 0.176. The van der Waals surface area contributed by atoms with Crippen LogP contribution in [0.4, 0.5) is 32.0 Å². The Bertz CT molecular complexity index is 938. The van der Waals surface area contributed by atoms with Crippen molar-refractivity contribution >= 4 is 23.2 Å². The van der Waals surface area contributed by atoms with Gasteiger partial charge in [0.05, 0.1) is 27.5 Å². The van der Waals surface area contributed by atoms with Gasteiger partial charge in [-0.2, -0.15) is 31.6 Å². The number of carbonyl (C=O) groups is 1. The normalized spacial score (nSPS) is 16.4. The Morgan fingerprint density at radius 1 is 1.14 bits per heavy atom. The Labute approximate surface area is 160 Å². The molecule has 1 aromatic rings. The third-order valence-corrected chi connectivity index (χ3v) is 3.93. The van der Waals surface area contributed by atoms with E-state index in [9.17, 15) is 36.4 Å². The maximum atomic E-state index is 12.8. The first-order chi connectivity index (χ1) is 12.8. The van der Waals surface area contributed by atoms with E-state index < -0.39 is 40.7 Å². The molecule has 0 unspecified atom stereocenters. The molecule has 0 aliphatic carbocycles. The minimum Gasteiger partial charge on any atom is -0.349 e. The first-order valence-corrected chi connectivity index (χ1v) is 7.74. The monoisotopic (exact) mass is 421 g/mol. The summed E-state index contributed by atoms with van der Waals surface area (Å²) in [6.45, 7) is 0. The molecule has 0 atom stereocenters. The van der Waals surface area contributed by atoms with Gasteiger partial charge in [0.2, 0.25) is 0 Å². The van der Waals surface area contributed by atoms with Gasteiger partial charge in [0.1, 0.15) is 11.6 Å². The number of nitriles is 1. The minimum atomic E-state index is -4.69. The Hall–Kier alpha value is -2.93. The molecule has 1 amide bonds. The average molecular weight is 422 g/mol. The zero-order chi connectivity index (χ0) is 21.3. The number of alkyl halides is 6. The summed E-state index contributed by atoms with van der Waals surface area (Å²) in [6, 6.07) is 3.76. The van der Waals surface area contributed by atoms with Gasteiger partial charge in [-0.25, -0.2) is 0 Å². The van der Waals surface area contributed by atoms with Crippen LogP contribution in [0.1, 0.15) is 5.56 Å². The molecule has 0 spiro atoms. The number of rotatable bonds is 2. The third kappa shape index (κ3) is 4.67. The molecule has 0 saturated heterocycles. The molecule has 1 N–H and O–H groups in total. The summed E-state index contributed by atoms with van der Waals surface area (Å²) in [5.74, 6) is -1.13. The van der Waals surface area contributed by atoms with Crippen LogP contribution in [0.3, 0.4) is 0 Å². The van der Waals surface area contributed by atoms with Crippen molar-refractivity contribution in [3.05, 3.63) is 64.0 Å². The number of likely N-dealkylation sites (N-methyl/N-ethyl adjacent to an activating group) is 1. The van der Waals surface area contributed by atoms with Crippen LogP contribution in [0.15, 0.2) is 53.4 Å². The number of nitrogens with zero attached hydrogens (tertiary/aromatic N) is 2. The summed E-state index contributed by atoms with van der Waals surface area (Å²) in [7, 11) is 1.19. The highest BCUT2D eigenvalue weighted by Crippen LogP contribution is 2.34. The second-order valence-electron chi connectivity index (χ2n) is 5.54. The molecule has 1 aliphatic heterocycles. The molecule has 0 saturated carbocycles. The number of hydrogen-bond donors (Lipinski definition) is 1. The summed E-state index contributed by atoms with van der Waals surface area (Å²) < 4.78 is 76.6. The van der Waals surface area contributed by atoms with Gasteiger partial charge in [0.25, 0.3) is 5.91 Å². The molecule has 0 radical (unpaired) electrons. The summed E-state index contributed by atoms with van der Waals surface area (Å²) in [4.78, 5) is 13.3. The first-order valence-electron chi connectivity index (χ1n) is 7.37. The van der Waals surface area contributed by atoms with E-state index in [4.69, 9.17) is 11.6 Å². The van der Waals surface area contributed by atoms with Gasteiger partial charge in [-0.05, 0) is 30.4 Å². The van der Waals surface area contributed by atoms with Crippen molar-refractivity contribution < 1.29 is 31.1 Å². The number of anilines is 1. The van der Waals surface area contributed by atoms with E-state index in [1.807, 2.05) is 0 Å². The van der Waals surface area contributed by atoms with Gasteiger partial charge in [0, 0.05) is 13.2 Å². The van der Waals surface area contributed by atoms with E-state index in [1.54, 1.807) is 0 Å². The van der Waals surface area contributed by atoms with E-state index in [0.717, 1.165) is 17.0 Å². The molecular formula is C17H10ClF6N3O. The van der Waals surface area contributed by atoms with Crippen LogP contribution in [0.5, 0.6) is 0 Å². The van der Waals surface area contributed by atoms with Crippen LogP contribution < -0.4 is 5.32 Å². The second-order valence-corrected chi connectivity index (χ2v) is 5.95. The van der Waals surface area contributed by atoms with Crippen molar-refractivity contribution in [2.24, 2.45) is 0 Å². The Morgan fingerprint density at radius 2 is 1.79 bits per heavy atom. The molecule has 11 heteroatoms. The lowest BCUT2D eigenvalue weighted by Crippen LogP contribution is -2.24. The highest BCUT2D eigenvalue weighted by atomic mass is 35.5. The van der Waals surface area contributed by atoms with Gasteiger partial charge >= 0.3 is 12.4 Å². The lowest BCUT2D eigenvalue weighted by atomic mass is 10.1. The largest absolute Gasteiger partial charge is 0.417 e. The number of carbonyl (C=O) groups excluding carboxylic acids is 1. The Kier molecular flexibility index (Phi) is 5.80. The fourth-order valence-electron chi connectivity index (χ4n) is 2.24. The maximum absolute atomic E-state index is 12.8. The van der Waals surface area contributed by atoms with E-state index in [0.29, 0.717) is 24.4 Å². The molecule has 0 fully saturated rings. The number of benzene rings is 1. The zero-order valence-electron chi connectivity index (χ0n) is 13.9. The molecule has 1 aromatic carbocycles. The van der Waals surface area contributed by atoms with Gasteiger partial charge in [0.15, 0.2) is 0 Å². The van der Waals surface area contributed by atoms with Crippen LogP contribution in [-0.2, 0) is 11.0 Å². The first kappa shape index (κ1) is 21.4. The van der Waals surface area contributed by atoms with Crippen LogP contribution >= 0.6 is 11.6 Å². The van der Waals surface area contributed by atoms with Crippen molar-refractivity contribution in [3.8, 4) is 6.07 Å². The van der Waals surface area contributed by atoms with Crippen LogP contribution in [-0.4, -0.2) is 24.0 Å². The number of allylic oxidation sites excluding steroid dienone is 3. The third-order valence-electron chi connectivity index (χ3n) is 3.60. The molecular weight excluding hydrogens is 412 g/mol. The van der Waals surface area contributed by atoms with Crippen molar-refractivity contribution in [2.75, 3.05) is 12.4 Å². The number of halogens is 7. The molecule has 1 heterocycles. The van der Waals surface area contributed by atoms with E-state index in [-0.39, 0.29) is 10.7 Å². The molecule has 0 aromatic heterocycles. The average Bonchev–Trinajstić information content (AvgIpc) is 2.57. The Morgan fingerprint density at radius 3 is 2.29 bits per heavy atom. The van der Waals surface area contributed by atoms with E-state index in [2.05, 4.69) is 5.32 Å². The SMILES string of the molecule is CN1C=C(C(F)(F)F)C=C/C1=C(/C#N)C(=O)Nc1cc(C(F)(F)F)ccc1Cl. The molecule has 28 heavy (non-hydrogen) atoms. The highest BCUT2D eigenvalue weighted by molar-refractivity contribution is 6.34. The molecule has 2 rings (SSSR count). The highest BCUT2D eigenvalue weighted by Gasteiger charge is 2.34. The van der Waals surface area contributed by atoms with Gasteiger partial charge in [-0.1, -0.05) is 11.6 Å². The summed E-state index contributed by atoms with van der Waals surface area (Å²) in [6.07, 6.45) is -7.05. The van der Waals surface area contributed by atoms with Gasteiger partial charge in [-0.3, -0.25) is 4.79 Å². The summed E-state index contributed by atoms with van der Waals surface area (Å²) >= 11 is 5.78. The van der Waals surface area contributed by atoms with Gasteiger partial charge < -0.3 is 10.2 Å². The van der Waals surface area contributed by atoms with Crippen molar-refractivity contribution in [2.45, 2.75) is 12.4 Å². The number of nitrogens with one attached hydrogen (secondary N) is 1. The fourth-order valence-corrected chi connectivity index (χ4v) is 2.41. The van der Waals surface area contributed by atoms with Crippen LogP contribution in [0, 0.1) is 11.3 Å². The van der Waals surface area contributed by atoms with Crippen molar-refractivity contribution in [1.29, 1.82) is 5.26 Å². The quantitative estimate of drug-likeness (QED) is 0.414. The predicted octanol–water partition coefficient (Wildman–Crippen LogP) is 5.02. The van der Waals surface area contributed by atoms with E-state index in [1.165, 1.54) is 13.1 Å². The molecule has 148 valence electrons. The smallest absolute Gasteiger partial charge is 0.349 e. The maximum Gasteiger partial charge on any atom is 0.417 e. The van der Waals surface area contributed by atoms with Crippen molar-refractivity contribution in [1.82, 2.24) is 4.90 Å². The van der Waals surface area contributed by atoms with Crippen LogP contribution in [0.25, 0.3) is 0 Å². The minimum absolute atomic E-state index is 0.170. The van der Waals surface area contributed by atoms with E-state index >= 15 is 0 Å². The second kappa shape index (κ2) is 7.59. The predicted molar refractivity (Wildman–Crippen MR) is 88.8 cm³/mol. The molecule has 1 aliphatic rings. The molecule has 4 nitrogen and oxygen atoms in total. The lowest BCUT2D eigenvalue weighted by molar-refractivity contribution is -0.137. The van der Waals surface area contributed by atoms with Crippen LogP contribution in [0.2, 0.25) is 5.02 Å². The van der Waals surface area contributed by atoms with Gasteiger partial charge in [-0.15, -0.1) is 0 Å². The molecule has 0 bridgehead atoms. The zero-order valence-corrected chi connectivity index (χ0v) is 14.7. The number of amides is 1. The summed E-state index contributed by atoms with van der Waals surface area (Å²) in [5, 5.41) is 11.1. The summed E-state index contributed by atoms with van der Waals surface area (Å²) in [5.41, 5.74) is -3.26.